The first-order chi connectivity index (χ1) is 28.0. The van der Waals surface area contributed by atoms with Gasteiger partial charge in [-0.05, 0) is 48.7 Å². The predicted molar refractivity (Wildman–Crippen MR) is 204 cm³/mol. The summed E-state index contributed by atoms with van der Waals surface area (Å²) in [7, 11) is 0. The van der Waals surface area contributed by atoms with Gasteiger partial charge in [0.05, 0.1) is 29.8 Å². The molecule has 1 unspecified atom stereocenters. The minimum atomic E-state index is -2.75. The summed E-state index contributed by atoms with van der Waals surface area (Å²) in [4.78, 5) is 54.6. The number of piperidine rings is 1. The second-order valence-corrected chi connectivity index (χ2v) is 15.4. The van der Waals surface area contributed by atoms with Gasteiger partial charge in [-0.15, -0.1) is 10.2 Å². The number of amides is 3. The summed E-state index contributed by atoms with van der Waals surface area (Å²) in [6.45, 7) is 5.75. The third-order valence-corrected chi connectivity index (χ3v) is 11.9. The van der Waals surface area contributed by atoms with Crippen LogP contribution in [0.5, 0.6) is 11.6 Å². The van der Waals surface area contributed by atoms with Gasteiger partial charge in [-0.1, -0.05) is 19.1 Å². The van der Waals surface area contributed by atoms with E-state index in [1.807, 2.05) is 25.1 Å². The van der Waals surface area contributed by atoms with Crippen LogP contribution in [0.25, 0.3) is 11.3 Å². The molecule has 0 spiro atoms. The van der Waals surface area contributed by atoms with Crippen molar-refractivity contribution in [1.29, 1.82) is 0 Å². The Balaban J connectivity index is 0.841. The summed E-state index contributed by atoms with van der Waals surface area (Å²) >= 11 is 0. The summed E-state index contributed by atoms with van der Waals surface area (Å²) in [6.07, 6.45) is -0.709. The second-order valence-electron chi connectivity index (χ2n) is 15.4. The number of halogens is 3. The Morgan fingerprint density at radius 2 is 1.88 bits per heavy atom. The van der Waals surface area contributed by atoms with Crippen LogP contribution in [0.4, 0.5) is 30.4 Å². The first-order valence-corrected chi connectivity index (χ1v) is 19.4. The lowest BCUT2D eigenvalue weighted by Crippen LogP contribution is -2.57. The number of fused-ring (bicyclic) bond motifs is 4. The molecule has 15 nitrogen and oxygen atoms in total. The molecular weight excluding hydrogens is 757 g/mol. The molecule has 3 fully saturated rings. The van der Waals surface area contributed by atoms with E-state index in [-0.39, 0.29) is 49.0 Å². The molecule has 0 bridgehead atoms. The highest BCUT2D eigenvalue weighted by atomic mass is 19.3. The molecule has 4 aromatic rings. The maximum atomic E-state index is 15.0. The average molecular weight is 799 g/mol. The lowest BCUT2D eigenvalue weighted by molar-refractivity contribution is -0.136. The number of phenols is 1. The number of imide groups is 1. The maximum Gasteiger partial charge on any atom is 0.263 e. The lowest BCUT2D eigenvalue weighted by atomic mass is 9.93. The van der Waals surface area contributed by atoms with E-state index in [2.05, 4.69) is 35.6 Å². The van der Waals surface area contributed by atoms with Crippen molar-refractivity contribution in [2.75, 3.05) is 54.4 Å². The summed E-state index contributed by atoms with van der Waals surface area (Å²) < 4.78 is 50.5. The normalized spacial score (nSPS) is 23.1. The number of benzene rings is 2. The van der Waals surface area contributed by atoms with Crippen LogP contribution in [0.2, 0.25) is 0 Å². The van der Waals surface area contributed by atoms with Gasteiger partial charge in [0.25, 0.3) is 12.3 Å². The number of aryl methyl sites for hydroxylation is 1. The fraction of sp³-hybridized carbons (Fsp3) is 0.425. The monoisotopic (exact) mass is 798 g/mol. The highest BCUT2D eigenvalue weighted by Gasteiger charge is 2.56. The fourth-order valence-electron chi connectivity index (χ4n) is 8.78. The van der Waals surface area contributed by atoms with Crippen molar-refractivity contribution in [2.45, 2.75) is 69.8 Å². The average Bonchev–Trinajstić information content (AvgIpc) is 3.77. The number of nitrogens with zero attached hydrogens (tertiary/aromatic N) is 8. The fourth-order valence-corrected chi connectivity index (χ4v) is 8.78. The van der Waals surface area contributed by atoms with E-state index in [0.717, 1.165) is 49.2 Å². The third-order valence-electron chi connectivity index (χ3n) is 11.9. The van der Waals surface area contributed by atoms with Crippen molar-refractivity contribution in [1.82, 2.24) is 35.3 Å². The number of rotatable bonds is 9. The minimum absolute atomic E-state index is 0.00663. The molecule has 3 amide bonds. The lowest BCUT2D eigenvalue weighted by Gasteiger charge is -2.43. The van der Waals surface area contributed by atoms with Crippen LogP contribution in [0, 0.1) is 5.82 Å². The molecule has 3 N–H and O–H groups in total. The molecule has 2 aromatic heterocycles. The van der Waals surface area contributed by atoms with Crippen molar-refractivity contribution in [3.05, 3.63) is 77.0 Å². The number of aromatic nitrogens is 4. The number of nitrogens with one attached hydrogen (secondary N) is 2. The van der Waals surface area contributed by atoms with Gasteiger partial charge in [-0.3, -0.25) is 24.6 Å². The molecule has 0 saturated carbocycles. The summed E-state index contributed by atoms with van der Waals surface area (Å²) in [5.74, 6) is -1.78. The van der Waals surface area contributed by atoms with E-state index < -0.39 is 41.6 Å². The second kappa shape index (κ2) is 14.7. The van der Waals surface area contributed by atoms with Gasteiger partial charge in [0.2, 0.25) is 17.7 Å². The molecule has 3 atom stereocenters. The number of para-hydroxylation sites is 1. The zero-order valence-electron chi connectivity index (χ0n) is 31.6. The van der Waals surface area contributed by atoms with Crippen LogP contribution in [0.1, 0.15) is 53.5 Å². The van der Waals surface area contributed by atoms with Gasteiger partial charge in [-0.25, -0.2) is 23.1 Å². The number of carbonyl (C=O) groups is 3. The number of hydrogen-bond donors (Lipinski definition) is 3. The number of ether oxygens (including phenoxy) is 1. The molecule has 7 heterocycles. The highest BCUT2D eigenvalue weighted by Crippen LogP contribution is 2.46. The van der Waals surface area contributed by atoms with Crippen molar-refractivity contribution in [3.8, 4) is 22.9 Å². The molecule has 58 heavy (non-hydrogen) atoms. The Labute approximate surface area is 331 Å². The van der Waals surface area contributed by atoms with Crippen LogP contribution in [0.15, 0.2) is 48.7 Å². The largest absolute Gasteiger partial charge is 0.504 e. The number of anilines is 3. The topological polar surface area (TPSA) is 169 Å². The van der Waals surface area contributed by atoms with Crippen LogP contribution < -0.4 is 25.2 Å². The SMILES string of the molecule is CCc1nc(CN2CCN(c3ccc4c(c3)C(=O)N(C3CCC(=O)NC3=O)C4)CC2)cnc1O[C@H]1CN2c3cc(-c4cccc(F)c4O)nnc3NC[C@]2(C(F)F)C1. The van der Waals surface area contributed by atoms with Crippen LogP contribution >= 0.6 is 0 Å². The molecule has 0 aliphatic carbocycles. The number of hydrogen-bond acceptors (Lipinski definition) is 13. The number of alkyl halides is 2. The molecule has 302 valence electrons. The van der Waals surface area contributed by atoms with Crippen LogP contribution in [-0.4, -0.2) is 116 Å². The summed E-state index contributed by atoms with van der Waals surface area (Å²) in [5, 5.41) is 24.0. The van der Waals surface area contributed by atoms with E-state index in [1.54, 1.807) is 16.0 Å². The number of piperazine rings is 1. The van der Waals surface area contributed by atoms with E-state index in [0.29, 0.717) is 54.6 Å². The highest BCUT2D eigenvalue weighted by molar-refractivity contribution is 6.05. The van der Waals surface area contributed by atoms with Gasteiger partial charge >= 0.3 is 0 Å². The summed E-state index contributed by atoms with van der Waals surface area (Å²) in [5.41, 5.74) is 2.73. The summed E-state index contributed by atoms with van der Waals surface area (Å²) in [6, 6.07) is 10.7. The Morgan fingerprint density at radius 3 is 2.66 bits per heavy atom. The van der Waals surface area contributed by atoms with Gasteiger partial charge in [0.1, 0.15) is 23.4 Å². The molecule has 5 aliphatic heterocycles. The van der Waals surface area contributed by atoms with Crippen LogP contribution in [-0.2, 0) is 29.1 Å². The smallest absolute Gasteiger partial charge is 0.263 e. The number of phenolic OH excluding ortho intramolecular Hbond substituents is 1. The molecule has 9 rings (SSSR count). The Morgan fingerprint density at radius 1 is 1.05 bits per heavy atom. The van der Waals surface area contributed by atoms with Crippen molar-refractivity contribution >= 4 is 34.9 Å². The van der Waals surface area contributed by atoms with Gasteiger partial charge in [0, 0.05) is 75.5 Å². The molecule has 5 aliphatic rings. The Kier molecular flexibility index (Phi) is 9.52. The van der Waals surface area contributed by atoms with Crippen LogP contribution in [0.3, 0.4) is 0 Å². The molecule has 3 saturated heterocycles. The van der Waals surface area contributed by atoms with E-state index in [1.165, 1.54) is 18.2 Å². The zero-order valence-corrected chi connectivity index (χ0v) is 31.6. The van der Waals surface area contributed by atoms with E-state index in [9.17, 15) is 32.7 Å². The number of carbonyl (C=O) groups excluding carboxylic acids is 3. The van der Waals surface area contributed by atoms with E-state index >= 15 is 0 Å². The minimum Gasteiger partial charge on any atom is -0.504 e. The van der Waals surface area contributed by atoms with Gasteiger partial charge in [0.15, 0.2) is 17.4 Å². The predicted octanol–water partition coefficient (Wildman–Crippen LogP) is 3.51. The molecule has 0 radical (unpaired) electrons. The quantitative estimate of drug-likeness (QED) is 0.211. The molecule has 18 heteroatoms. The first-order valence-electron chi connectivity index (χ1n) is 19.4. The Bertz CT molecular complexity index is 2310. The third kappa shape index (κ3) is 6.57. The van der Waals surface area contributed by atoms with E-state index in [4.69, 9.17) is 9.72 Å². The van der Waals surface area contributed by atoms with Gasteiger partial charge in [-0.2, -0.15) is 0 Å². The standard InChI is InChI=1S/C40H41F3N10O5/c1-2-29-37(58-25-16-40(39(42)43)21-45-35-32(53(40)20-25)15-30(48-49-35)26-4-3-5-28(41)34(26)55)44-17-23(46-29)19-50-10-12-51(13-11-50)24-7-6-22-18-52(38(57)27(22)14-24)31-8-9-33(54)47-36(31)56/h3-7,14-15,17,25,31,39,55H,2,8-13,16,18-21H2,1H3,(H,45,49)(H,47,54,56)/t25-,31?,40+/m1/s1. The first kappa shape index (κ1) is 37.5. The van der Waals surface area contributed by atoms with Crippen molar-refractivity contribution < 1.29 is 37.4 Å². The molecular formula is C40H41F3N10O5. The van der Waals surface area contributed by atoms with Crippen molar-refractivity contribution in [3.63, 3.8) is 0 Å². The van der Waals surface area contributed by atoms with Gasteiger partial charge < -0.3 is 29.9 Å². The molecule has 2 aromatic carbocycles. The number of aromatic hydroxyl groups is 1. The maximum absolute atomic E-state index is 15.0. The van der Waals surface area contributed by atoms with Crippen molar-refractivity contribution in [2.24, 2.45) is 0 Å². The zero-order chi connectivity index (χ0) is 40.3. The Hall–Kier alpha value is -6.04.